The molecule has 0 amide bonds. The number of aryl methyl sites for hydroxylation is 2. The van der Waals surface area contributed by atoms with E-state index in [4.69, 9.17) is 0 Å². The van der Waals surface area contributed by atoms with Crippen molar-refractivity contribution in [2.75, 3.05) is 0 Å². The molecule has 0 aromatic carbocycles. The molecule has 0 saturated heterocycles. The Balaban J connectivity index is 2.28. The predicted molar refractivity (Wildman–Crippen MR) is 83.4 cm³/mol. The van der Waals surface area contributed by atoms with Gasteiger partial charge in [0.15, 0.2) is 11.2 Å². The molecule has 0 saturated carbocycles. The van der Waals surface area contributed by atoms with E-state index in [1.807, 2.05) is 6.08 Å². The lowest BCUT2D eigenvalue weighted by Crippen LogP contribution is -2.39. The Hall–Kier alpha value is -2.11. The van der Waals surface area contributed by atoms with Crippen LogP contribution in [0, 0.1) is 5.92 Å². The Morgan fingerprint density at radius 3 is 2.71 bits per heavy atom. The SMILES string of the molecule is C=CC(C)CCCCn1c(=O)c2c(ncn2C)n(C)c1=O. The molecule has 2 heterocycles. The summed E-state index contributed by atoms with van der Waals surface area (Å²) in [5, 5.41) is 0. The lowest BCUT2D eigenvalue weighted by molar-refractivity contribution is 0.512. The van der Waals surface area contributed by atoms with Crippen molar-refractivity contribution >= 4 is 11.2 Å². The largest absolute Gasteiger partial charge is 0.332 e. The number of hydrogen-bond donors (Lipinski definition) is 0. The van der Waals surface area contributed by atoms with Crippen LogP contribution in [0.25, 0.3) is 11.2 Å². The van der Waals surface area contributed by atoms with Crippen LogP contribution in [0.2, 0.25) is 0 Å². The molecule has 0 spiro atoms. The highest BCUT2D eigenvalue weighted by atomic mass is 16.2. The molecule has 0 aliphatic rings. The minimum absolute atomic E-state index is 0.259. The van der Waals surface area contributed by atoms with Gasteiger partial charge in [0.2, 0.25) is 0 Å². The Labute approximate surface area is 123 Å². The molecule has 2 rings (SSSR count). The van der Waals surface area contributed by atoms with Crippen LogP contribution in [0.4, 0.5) is 0 Å². The molecule has 1 unspecified atom stereocenters. The molecule has 0 radical (unpaired) electrons. The average molecular weight is 290 g/mol. The van der Waals surface area contributed by atoms with E-state index in [0.29, 0.717) is 23.6 Å². The summed E-state index contributed by atoms with van der Waals surface area (Å²) in [6.07, 6.45) is 6.27. The first-order valence-corrected chi connectivity index (χ1v) is 7.20. The third-order valence-electron chi connectivity index (χ3n) is 3.89. The molecule has 21 heavy (non-hydrogen) atoms. The number of hydrogen-bond acceptors (Lipinski definition) is 3. The molecule has 0 aliphatic carbocycles. The second-order valence-electron chi connectivity index (χ2n) is 5.53. The molecule has 1 atom stereocenters. The summed E-state index contributed by atoms with van der Waals surface area (Å²) >= 11 is 0. The average Bonchev–Trinajstić information content (AvgIpc) is 2.86. The van der Waals surface area contributed by atoms with Gasteiger partial charge >= 0.3 is 5.69 Å². The van der Waals surface area contributed by atoms with Gasteiger partial charge in [-0.25, -0.2) is 9.78 Å². The highest BCUT2D eigenvalue weighted by molar-refractivity contribution is 5.69. The second kappa shape index (κ2) is 6.11. The molecule has 6 nitrogen and oxygen atoms in total. The number of fused-ring (bicyclic) bond motifs is 1. The maximum Gasteiger partial charge on any atom is 0.332 e. The first kappa shape index (κ1) is 15.3. The fourth-order valence-electron chi connectivity index (χ4n) is 2.45. The van der Waals surface area contributed by atoms with E-state index in [1.165, 1.54) is 9.13 Å². The second-order valence-corrected chi connectivity index (χ2v) is 5.53. The van der Waals surface area contributed by atoms with Gasteiger partial charge in [0.1, 0.15) is 0 Å². The number of allylic oxidation sites excluding steroid dienone is 1. The summed E-state index contributed by atoms with van der Waals surface area (Å²) in [6.45, 7) is 6.31. The molecule has 114 valence electrons. The van der Waals surface area contributed by atoms with Gasteiger partial charge in [-0.15, -0.1) is 6.58 Å². The van der Waals surface area contributed by atoms with Crippen LogP contribution in [0.1, 0.15) is 26.2 Å². The number of nitrogens with zero attached hydrogens (tertiary/aromatic N) is 4. The van der Waals surface area contributed by atoms with E-state index in [1.54, 1.807) is 25.0 Å². The van der Waals surface area contributed by atoms with E-state index in [9.17, 15) is 9.59 Å². The maximum absolute atomic E-state index is 12.4. The quantitative estimate of drug-likeness (QED) is 0.597. The van der Waals surface area contributed by atoms with Gasteiger partial charge in [-0.3, -0.25) is 13.9 Å². The highest BCUT2D eigenvalue weighted by Crippen LogP contribution is 2.09. The van der Waals surface area contributed by atoms with Crippen LogP contribution < -0.4 is 11.2 Å². The van der Waals surface area contributed by atoms with Crippen LogP contribution in [0.5, 0.6) is 0 Å². The number of rotatable bonds is 6. The summed E-state index contributed by atoms with van der Waals surface area (Å²) in [6, 6.07) is 0. The number of unbranched alkanes of at least 4 members (excludes halogenated alkanes) is 1. The van der Waals surface area contributed by atoms with Crippen LogP contribution in [-0.4, -0.2) is 18.7 Å². The number of imidazole rings is 1. The summed E-state index contributed by atoms with van der Waals surface area (Å²) in [5.74, 6) is 0.462. The van der Waals surface area contributed by atoms with E-state index < -0.39 is 0 Å². The summed E-state index contributed by atoms with van der Waals surface area (Å²) in [5.41, 5.74) is 0.341. The van der Waals surface area contributed by atoms with Crippen LogP contribution in [0.3, 0.4) is 0 Å². The Morgan fingerprint density at radius 2 is 2.05 bits per heavy atom. The molecule has 0 aliphatic heterocycles. The van der Waals surface area contributed by atoms with Gasteiger partial charge < -0.3 is 4.57 Å². The molecule has 2 aromatic heterocycles. The van der Waals surface area contributed by atoms with Crippen molar-refractivity contribution in [2.24, 2.45) is 20.0 Å². The molecular weight excluding hydrogens is 268 g/mol. The van der Waals surface area contributed by atoms with E-state index in [-0.39, 0.29) is 11.2 Å². The van der Waals surface area contributed by atoms with Crippen molar-refractivity contribution in [2.45, 2.75) is 32.7 Å². The lowest BCUT2D eigenvalue weighted by Gasteiger charge is -2.09. The normalized spacial score (nSPS) is 12.7. The van der Waals surface area contributed by atoms with Gasteiger partial charge in [-0.1, -0.05) is 19.4 Å². The first-order valence-electron chi connectivity index (χ1n) is 7.20. The minimum atomic E-state index is -0.303. The van der Waals surface area contributed by atoms with Gasteiger partial charge in [-0.05, 0) is 18.8 Å². The fourth-order valence-corrected chi connectivity index (χ4v) is 2.45. The van der Waals surface area contributed by atoms with Crippen molar-refractivity contribution in [3.8, 4) is 0 Å². The Morgan fingerprint density at radius 1 is 1.33 bits per heavy atom. The minimum Gasteiger partial charge on any atom is -0.328 e. The zero-order valence-corrected chi connectivity index (χ0v) is 12.9. The van der Waals surface area contributed by atoms with Crippen molar-refractivity contribution in [3.63, 3.8) is 0 Å². The molecular formula is C15H22N4O2. The highest BCUT2D eigenvalue weighted by Gasteiger charge is 2.14. The Kier molecular flexibility index (Phi) is 4.45. The molecule has 6 heteroatoms. The standard InChI is InChI=1S/C15H22N4O2/c1-5-11(2)8-6-7-9-19-14(20)12-13(16-10-17(12)3)18(4)15(19)21/h5,10-11H,1,6-9H2,2-4H3. The van der Waals surface area contributed by atoms with Crippen molar-refractivity contribution in [3.05, 3.63) is 39.8 Å². The first-order chi connectivity index (χ1) is 9.97. The third kappa shape index (κ3) is 2.84. The van der Waals surface area contributed by atoms with E-state index in [2.05, 4.69) is 18.5 Å². The maximum atomic E-state index is 12.4. The molecule has 2 aromatic rings. The van der Waals surface area contributed by atoms with Crippen molar-refractivity contribution < 1.29 is 0 Å². The molecule has 0 bridgehead atoms. The van der Waals surface area contributed by atoms with Crippen molar-refractivity contribution in [1.29, 1.82) is 0 Å². The van der Waals surface area contributed by atoms with Gasteiger partial charge in [-0.2, -0.15) is 0 Å². The zero-order valence-electron chi connectivity index (χ0n) is 12.9. The van der Waals surface area contributed by atoms with Gasteiger partial charge in [0, 0.05) is 20.6 Å². The van der Waals surface area contributed by atoms with Gasteiger partial charge in [0.25, 0.3) is 5.56 Å². The van der Waals surface area contributed by atoms with E-state index >= 15 is 0 Å². The summed E-state index contributed by atoms with van der Waals surface area (Å²) in [7, 11) is 3.41. The Bertz CT molecular complexity index is 766. The van der Waals surface area contributed by atoms with Crippen LogP contribution in [-0.2, 0) is 20.6 Å². The molecule has 0 N–H and O–H groups in total. The van der Waals surface area contributed by atoms with Crippen LogP contribution in [0.15, 0.2) is 28.6 Å². The van der Waals surface area contributed by atoms with Crippen LogP contribution >= 0.6 is 0 Å². The van der Waals surface area contributed by atoms with Crippen molar-refractivity contribution in [1.82, 2.24) is 18.7 Å². The lowest BCUT2D eigenvalue weighted by atomic mass is 10.0. The predicted octanol–water partition coefficient (Wildman–Crippen LogP) is 1.43. The monoisotopic (exact) mass is 290 g/mol. The van der Waals surface area contributed by atoms with E-state index in [0.717, 1.165) is 19.3 Å². The fraction of sp³-hybridized carbons (Fsp3) is 0.533. The van der Waals surface area contributed by atoms with Gasteiger partial charge in [0.05, 0.1) is 6.33 Å². The zero-order chi connectivity index (χ0) is 15.6. The topological polar surface area (TPSA) is 61.8 Å². The smallest absolute Gasteiger partial charge is 0.328 e. The third-order valence-corrected chi connectivity index (χ3v) is 3.89. The molecule has 0 fully saturated rings. The summed E-state index contributed by atoms with van der Waals surface area (Å²) in [4.78, 5) is 28.8. The summed E-state index contributed by atoms with van der Waals surface area (Å²) < 4.78 is 4.40. The number of aromatic nitrogens is 4.